The molecule has 1 aliphatic rings. The van der Waals surface area contributed by atoms with Crippen molar-refractivity contribution in [1.29, 1.82) is 0 Å². The standard InChI is InChI=1S/C20H26N2O5S2/c1-14(23)17-9-10-18(28-17)20(11-3-4-12-20)13-21-29(25,26)16-7-5-15(6-8-16)22-19(24)27-2/h5-10,14,21,23H,3-4,11-13H2,1-2H3,(H,22,24). The molecule has 0 bridgehead atoms. The number of hydrogen-bond donors (Lipinski definition) is 3. The molecule has 7 nitrogen and oxygen atoms in total. The predicted octanol–water partition coefficient (Wildman–Crippen LogP) is 3.77. The van der Waals surface area contributed by atoms with Crippen LogP contribution in [-0.2, 0) is 20.2 Å². The van der Waals surface area contributed by atoms with E-state index in [9.17, 15) is 18.3 Å². The first-order valence-corrected chi connectivity index (χ1v) is 11.8. The molecule has 0 aliphatic heterocycles. The molecule has 2 aromatic rings. The van der Waals surface area contributed by atoms with E-state index in [-0.39, 0.29) is 10.3 Å². The first-order valence-electron chi connectivity index (χ1n) is 9.49. The first kappa shape index (κ1) is 21.8. The lowest BCUT2D eigenvalue weighted by Crippen LogP contribution is -2.38. The Kier molecular flexibility index (Phi) is 6.62. The fourth-order valence-electron chi connectivity index (χ4n) is 3.63. The summed E-state index contributed by atoms with van der Waals surface area (Å²) in [5.41, 5.74) is 0.212. The molecule has 3 rings (SSSR count). The van der Waals surface area contributed by atoms with Crippen LogP contribution in [0.25, 0.3) is 0 Å². The molecule has 1 amide bonds. The van der Waals surface area contributed by atoms with Crippen molar-refractivity contribution in [1.82, 2.24) is 4.72 Å². The van der Waals surface area contributed by atoms with Gasteiger partial charge in [-0.2, -0.15) is 0 Å². The van der Waals surface area contributed by atoms with E-state index >= 15 is 0 Å². The molecule has 1 atom stereocenters. The Morgan fingerprint density at radius 2 is 1.86 bits per heavy atom. The number of sulfonamides is 1. The van der Waals surface area contributed by atoms with E-state index in [1.165, 1.54) is 31.4 Å². The molecule has 29 heavy (non-hydrogen) atoms. The Balaban J connectivity index is 1.74. The summed E-state index contributed by atoms with van der Waals surface area (Å²) in [6, 6.07) is 9.87. The van der Waals surface area contributed by atoms with Gasteiger partial charge in [-0.3, -0.25) is 5.32 Å². The molecule has 1 fully saturated rings. The molecule has 1 aromatic carbocycles. The zero-order valence-electron chi connectivity index (χ0n) is 16.5. The third kappa shape index (κ3) is 4.98. The number of carbonyl (C=O) groups is 1. The van der Waals surface area contributed by atoms with Gasteiger partial charge in [0.2, 0.25) is 10.0 Å². The normalized spacial score (nSPS) is 17.1. The summed E-state index contributed by atoms with van der Waals surface area (Å²) in [4.78, 5) is 13.4. The molecule has 158 valence electrons. The molecule has 1 aliphatic carbocycles. The van der Waals surface area contributed by atoms with Crippen LogP contribution in [0.5, 0.6) is 0 Å². The lowest BCUT2D eigenvalue weighted by molar-refractivity contribution is 0.187. The van der Waals surface area contributed by atoms with Gasteiger partial charge < -0.3 is 9.84 Å². The van der Waals surface area contributed by atoms with Crippen LogP contribution in [-0.4, -0.2) is 33.3 Å². The molecule has 9 heteroatoms. The van der Waals surface area contributed by atoms with Gasteiger partial charge in [-0.1, -0.05) is 12.8 Å². The molecule has 0 saturated heterocycles. The average Bonchev–Trinajstić information content (AvgIpc) is 3.37. The largest absolute Gasteiger partial charge is 0.453 e. The summed E-state index contributed by atoms with van der Waals surface area (Å²) >= 11 is 1.56. The number of amides is 1. The molecule has 0 spiro atoms. The SMILES string of the molecule is COC(=O)Nc1ccc(S(=O)(=O)NCC2(c3ccc(C(C)O)s3)CCCC2)cc1. The zero-order valence-corrected chi connectivity index (χ0v) is 18.1. The number of aliphatic hydroxyl groups is 1. The smallest absolute Gasteiger partial charge is 0.411 e. The van der Waals surface area contributed by atoms with E-state index in [0.29, 0.717) is 12.2 Å². The molecule has 3 N–H and O–H groups in total. The maximum Gasteiger partial charge on any atom is 0.411 e. The Bertz CT molecular complexity index is 946. The van der Waals surface area contributed by atoms with Crippen molar-refractivity contribution in [2.24, 2.45) is 0 Å². The maximum atomic E-state index is 12.8. The topological polar surface area (TPSA) is 105 Å². The van der Waals surface area contributed by atoms with E-state index in [0.717, 1.165) is 35.4 Å². The lowest BCUT2D eigenvalue weighted by atomic mass is 9.85. The van der Waals surface area contributed by atoms with Crippen molar-refractivity contribution in [3.8, 4) is 0 Å². The Hall–Kier alpha value is -1.94. The van der Waals surface area contributed by atoms with Crippen molar-refractivity contribution in [3.05, 3.63) is 46.2 Å². The highest BCUT2D eigenvalue weighted by Crippen LogP contribution is 2.44. The van der Waals surface area contributed by atoms with Crippen LogP contribution in [0, 0.1) is 0 Å². The van der Waals surface area contributed by atoms with Crippen molar-refractivity contribution < 1.29 is 23.1 Å². The molecule has 1 unspecified atom stereocenters. The van der Waals surface area contributed by atoms with Crippen LogP contribution in [0.1, 0.15) is 48.5 Å². The van der Waals surface area contributed by atoms with E-state index < -0.39 is 22.2 Å². The van der Waals surface area contributed by atoms with Gasteiger partial charge in [-0.15, -0.1) is 11.3 Å². The van der Waals surface area contributed by atoms with Crippen LogP contribution >= 0.6 is 11.3 Å². The Labute approximate surface area is 175 Å². The monoisotopic (exact) mass is 438 g/mol. The van der Waals surface area contributed by atoms with E-state index in [4.69, 9.17) is 0 Å². The van der Waals surface area contributed by atoms with Gasteiger partial charge in [0.1, 0.15) is 0 Å². The number of methoxy groups -OCH3 is 1. The fourth-order valence-corrected chi connectivity index (χ4v) is 5.94. The van der Waals surface area contributed by atoms with Crippen LogP contribution in [0.4, 0.5) is 10.5 Å². The van der Waals surface area contributed by atoms with E-state index in [2.05, 4.69) is 14.8 Å². The van der Waals surface area contributed by atoms with Gasteiger partial charge >= 0.3 is 6.09 Å². The third-order valence-electron chi connectivity index (χ3n) is 5.32. The number of nitrogens with one attached hydrogen (secondary N) is 2. The van der Waals surface area contributed by atoms with Crippen LogP contribution < -0.4 is 10.0 Å². The lowest BCUT2D eigenvalue weighted by Gasteiger charge is -2.28. The van der Waals surface area contributed by atoms with Crippen molar-refractivity contribution in [3.63, 3.8) is 0 Å². The predicted molar refractivity (Wildman–Crippen MR) is 113 cm³/mol. The fraction of sp³-hybridized carbons (Fsp3) is 0.450. The second-order valence-electron chi connectivity index (χ2n) is 7.33. The molecular formula is C20H26N2O5S2. The number of rotatable bonds is 7. The maximum absolute atomic E-state index is 12.8. The Morgan fingerprint density at radius 1 is 1.21 bits per heavy atom. The number of thiophene rings is 1. The second kappa shape index (κ2) is 8.83. The summed E-state index contributed by atoms with van der Waals surface area (Å²) in [6.45, 7) is 2.05. The summed E-state index contributed by atoms with van der Waals surface area (Å²) in [5, 5.41) is 12.3. The highest BCUT2D eigenvalue weighted by Gasteiger charge is 2.38. The third-order valence-corrected chi connectivity index (χ3v) is 8.24. The number of benzene rings is 1. The van der Waals surface area contributed by atoms with Gasteiger partial charge in [0.15, 0.2) is 0 Å². The molecular weight excluding hydrogens is 412 g/mol. The Morgan fingerprint density at radius 3 is 2.41 bits per heavy atom. The zero-order chi connectivity index (χ0) is 21.1. The van der Waals surface area contributed by atoms with Gasteiger partial charge in [0, 0.05) is 27.4 Å². The number of anilines is 1. The van der Waals surface area contributed by atoms with Crippen molar-refractivity contribution in [2.45, 2.75) is 49.0 Å². The molecule has 1 heterocycles. The second-order valence-corrected chi connectivity index (χ2v) is 10.2. The molecule has 0 radical (unpaired) electrons. The summed E-state index contributed by atoms with van der Waals surface area (Å²) in [6.07, 6.45) is 2.79. The van der Waals surface area contributed by atoms with E-state index in [1.54, 1.807) is 18.3 Å². The highest BCUT2D eigenvalue weighted by atomic mass is 32.2. The van der Waals surface area contributed by atoms with Crippen LogP contribution in [0.15, 0.2) is 41.3 Å². The van der Waals surface area contributed by atoms with Gasteiger partial charge in [0.05, 0.1) is 18.1 Å². The quantitative estimate of drug-likeness (QED) is 0.610. The molecule has 1 saturated carbocycles. The number of ether oxygens (including phenoxy) is 1. The first-order chi connectivity index (χ1) is 13.8. The number of aliphatic hydroxyl groups excluding tert-OH is 1. The molecule has 1 aromatic heterocycles. The highest BCUT2D eigenvalue weighted by molar-refractivity contribution is 7.89. The van der Waals surface area contributed by atoms with E-state index in [1.807, 2.05) is 12.1 Å². The number of carbonyl (C=O) groups excluding carboxylic acids is 1. The van der Waals surface area contributed by atoms with Crippen molar-refractivity contribution in [2.75, 3.05) is 19.0 Å². The summed E-state index contributed by atoms with van der Waals surface area (Å²) < 4.78 is 32.9. The number of hydrogen-bond acceptors (Lipinski definition) is 6. The minimum atomic E-state index is -3.69. The van der Waals surface area contributed by atoms with Gasteiger partial charge in [-0.25, -0.2) is 17.9 Å². The summed E-state index contributed by atoms with van der Waals surface area (Å²) in [5.74, 6) is 0. The van der Waals surface area contributed by atoms with Gasteiger partial charge in [-0.05, 0) is 56.2 Å². The minimum absolute atomic E-state index is 0.136. The van der Waals surface area contributed by atoms with Crippen LogP contribution in [0.2, 0.25) is 0 Å². The van der Waals surface area contributed by atoms with Gasteiger partial charge in [0.25, 0.3) is 0 Å². The van der Waals surface area contributed by atoms with Crippen LogP contribution in [0.3, 0.4) is 0 Å². The summed E-state index contributed by atoms with van der Waals surface area (Å²) in [7, 11) is -2.43. The van der Waals surface area contributed by atoms with Crippen molar-refractivity contribution >= 4 is 33.1 Å². The average molecular weight is 439 g/mol. The minimum Gasteiger partial charge on any atom is -0.453 e.